The van der Waals surface area contributed by atoms with Crippen LogP contribution in [0.15, 0.2) is 0 Å². The molecule has 2 aliphatic carbocycles. The average molecular weight is 150 g/mol. The van der Waals surface area contributed by atoms with Gasteiger partial charge in [0.1, 0.15) is 0 Å². The van der Waals surface area contributed by atoms with Crippen molar-refractivity contribution in [3.05, 3.63) is 0 Å². The minimum absolute atomic E-state index is 0.536. The van der Waals surface area contributed by atoms with Gasteiger partial charge in [-0.1, -0.05) is 6.42 Å². The average Bonchev–Trinajstić information content (AvgIpc) is 2.60. The lowest BCUT2D eigenvalue weighted by Crippen LogP contribution is -2.33. The number of nitrogens with one attached hydrogen (secondary N) is 1. The van der Waals surface area contributed by atoms with E-state index in [4.69, 9.17) is 5.26 Å². The summed E-state index contributed by atoms with van der Waals surface area (Å²) in [7, 11) is 0. The summed E-state index contributed by atoms with van der Waals surface area (Å²) in [4.78, 5) is 0. The van der Waals surface area contributed by atoms with Crippen LogP contribution >= 0.6 is 0 Å². The molecule has 2 heteroatoms. The molecule has 0 aromatic rings. The van der Waals surface area contributed by atoms with Crippen LogP contribution in [0, 0.1) is 23.2 Å². The zero-order valence-electron chi connectivity index (χ0n) is 6.71. The van der Waals surface area contributed by atoms with Crippen LogP contribution in [0.5, 0.6) is 0 Å². The van der Waals surface area contributed by atoms with Crippen LogP contribution in [0.1, 0.15) is 25.7 Å². The van der Waals surface area contributed by atoms with E-state index in [9.17, 15) is 0 Å². The van der Waals surface area contributed by atoms with E-state index in [-0.39, 0.29) is 0 Å². The molecule has 2 fully saturated rings. The Kier molecular flexibility index (Phi) is 1.83. The van der Waals surface area contributed by atoms with Gasteiger partial charge in [-0.2, -0.15) is 5.26 Å². The zero-order chi connectivity index (χ0) is 7.68. The van der Waals surface area contributed by atoms with E-state index in [1.165, 1.54) is 25.7 Å². The minimum atomic E-state index is 0.536. The van der Waals surface area contributed by atoms with Gasteiger partial charge >= 0.3 is 0 Å². The third-order valence-corrected chi connectivity index (χ3v) is 3.18. The van der Waals surface area contributed by atoms with E-state index < -0.39 is 0 Å². The maximum Gasteiger partial charge on any atom is 0.0843 e. The van der Waals surface area contributed by atoms with Gasteiger partial charge in [0.15, 0.2) is 0 Å². The molecule has 0 aromatic heterocycles. The topological polar surface area (TPSA) is 35.8 Å². The Bertz CT molecular complexity index is 182. The van der Waals surface area contributed by atoms with Crippen LogP contribution in [0.4, 0.5) is 0 Å². The summed E-state index contributed by atoms with van der Waals surface area (Å²) in [5.74, 6) is 1.88. The van der Waals surface area contributed by atoms with Crippen molar-refractivity contribution in [3.63, 3.8) is 0 Å². The van der Waals surface area contributed by atoms with Gasteiger partial charge in [0, 0.05) is 6.04 Å². The summed E-state index contributed by atoms with van der Waals surface area (Å²) in [6, 6.07) is 2.82. The van der Waals surface area contributed by atoms with E-state index >= 15 is 0 Å². The van der Waals surface area contributed by atoms with Crippen molar-refractivity contribution in [1.29, 1.82) is 5.26 Å². The second kappa shape index (κ2) is 2.83. The molecule has 3 atom stereocenters. The Morgan fingerprint density at radius 3 is 2.82 bits per heavy atom. The molecule has 1 N–H and O–H groups in total. The van der Waals surface area contributed by atoms with E-state index in [1.807, 2.05) is 0 Å². The molecule has 2 saturated carbocycles. The van der Waals surface area contributed by atoms with E-state index in [0.717, 1.165) is 11.8 Å². The van der Waals surface area contributed by atoms with Crippen molar-refractivity contribution < 1.29 is 0 Å². The zero-order valence-corrected chi connectivity index (χ0v) is 6.71. The molecule has 11 heavy (non-hydrogen) atoms. The molecule has 0 aromatic carbocycles. The molecular weight excluding hydrogens is 136 g/mol. The van der Waals surface area contributed by atoms with Crippen molar-refractivity contribution in [3.8, 4) is 6.07 Å². The molecule has 0 saturated heterocycles. The highest BCUT2D eigenvalue weighted by molar-refractivity contribution is 4.95. The molecule has 2 rings (SSSR count). The van der Waals surface area contributed by atoms with Crippen LogP contribution in [-0.4, -0.2) is 12.6 Å². The van der Waals surface area contributed by atoms with Crippen LogP contribution in [0.25, 0.3) is 0 Å². The maximum absolute atomic E-state index is 8.38. The predicted molar refractivity (Wildman–Crippen MR) is 42.9 cm³/mol. The quantitative estimate of drug-likeness (QED) is 0.602. The first-order valence-electron chi connectivity index (χ1n) is 4.50. The van der Waals surface area contributed by atoms with Gasteiger partial charge in [-0.25, -0.2) is 0 Å². The van der Waals surface area contributed by atoms with Crippen molar-refractivity contribution >= 4 is 0 Å². The molecule has 0 radical (unpaired) electrons. The highest BCUT2D eigenvalue weighted by atomic mass is 14.9. The molecule has 0 heterocycles. The smallest absolute Gasteiger partial charge is 0.0843 e. The first-order valence-corrected chi connectivity index (χ1v) is 4.50. The monoisotopic (exact) mass is 150 g/mol. The van der Waals surface area contributed by atoms with Gasteiger partial charge in [-0.05, 0) is 31.1 Å². The standard InChI is InChI=1S/C9H14N2/c10-3-4-11-9-6-7-1-2-8(9)5-7/h7-9,11H,1-2,4-6H2. The maximum atomic E-state index is 8.38. The molecule has 3 unspecified atom stereocenters. The number of nitrogens with zero attached hydrogens (tertiary/aromatic N) is 1. The molecule has 2 bridgehead atoms. The third-order valence-electron chi connectivity index (χ3n) is 3.18. The molecule has 2 aliphatic rings. The molecular formula is C9H14N2. The fraction of sp³-hybridized carbons (Fsp3) is 0.889. The van der Waals surface area contributed by atoms with Crippen LogP contribution in [-0.2, 0) is 0 Å². The summed E-state index contributed by atoms with van der Waals surface area (Å²) >= 11 is 0. The summed E-state index contributed by atoms with van der Waals surface area (Å²) in [6.07, 6.45) is 5.58. The minimum Gasteiger partial charge on any atom is -0.301 e. The number of hydrogen-bond donors (Lipinski definition) is 1. The van der Waals surface area contributed by atoms with Crippen LogP contribution < -0.4 is 5.32 Å². The predicted octanol–water partition coefficient (Wildman–Crippen LogP) is 1.29. The van der Waals surface area contributed by atoms with Crippen molar-refractivity contribution in [2.24, 2.45) is 11.8 Å². The normalized spacial score (nSPS) is 40.8. The molecule has 2 nitrogen and oxygen atoms in total. The number of rotatable bonds is 2. The van der Waals surface area contributed by atoms with Crippen LogP contribution in [0.3, 0.4) is 0 Å². The lowest BCUT2D eigenvalue weighted by atomic mass is 9.95. The SMILES string of the molecule is N#CCNC1CC2CCC1C2. The summed E-state index contributed by atoms with van der Waals surface area (Å²) in [6.45, 7) is 0.536. The van der Waals surface area contributed by atoms with Gasteiger partial charge in [-0.15, -0.1) is 0 Å². The first kappa shape index (κ1) is 7.12. The van der Waals surface area contributed by atoms with Gasteiger partial charge in [0.25, 0.3) is 0 Å². The molecule has 0 amide bonds. The van der Waals surface area contributed by atoms with E-state index in [1.54, 1.807) is 0 Å². The Hall–Kier alpha value is -0.550. The number of hydrogen-bond acceptors (Lipinski definition) is 2. The largest absolute Gasteiger partial charge is 0.301 e. The van der Waals surface area contributed by atoms with Gasteiger partial charge in [0.2, 0.25) is 0 Å². The van der Waals surface area contributed by atoms with E-state index in [0.29, 0.717) is 12.6 Å². The Morgan fingerprint density at radius 2 is 2.27 bits per heavy atom. The third kappa shape index (κ3) is 1.25. The second-order valence-corrected chi connectivity index (χ2v) is 3.82. The lowest BCUT2D eigenvalue weighted by Gasteiger charge is -2.21. The Labute approximate surface area is 67.6 Å². The van der Waals surface area contributed by atoms with Crippen LogP contribution in [0.2, 0.25) is 0 Å². The highest BCUT2D eigenvalue weighted by Gasteiger charge is 2.38. The Balaban J connectivity index is 1.84. The Morgan fingerprint density at radius 1 is 1.36 bits per heavy atom. The summed E-state index contributed by atoms with van der Waals surface area (Å²) < 4.78 is 0. The number of fused-ring (bicyclic) bond motifs is 2. The first-order chi connectivity index (χ1) is 5.40. The second-order valence-electron chi connectivity index (χ2n) is 3.82. The summed E-state index contributed by atoms with van der Waals surface area (Å²) in [5, 5.41) is 11.7. The highest BCUT2D eigenvalue weighted by Crippen LogP contribution is 2.44. The van der Waals surface area contributed by atoms with Gasteiger partial charge in [0.05, 0.1) is 12.6 Å². The summed E-state index contributed by atoms with van der Waals surface area (Å²) in [5.41, 5.74) is 0. The fourth-order valence-corrected chi connectivity index (χ4v) is 2.67. The van der Waals surface area contributed by atoms with E-state index in [2.05, 4.69) is 11.4 Å². The fourth-order valence-electron chi connectivity index (χ4n) is 2.67. The van der Waals surface area contributed by atoms with Crippen molar-refractivity contribution in [2.75, 3.05) is 6.54 Å². The van der Waals surface area contributed by atoms with Crippen molar-refractivity contribution in [2.45, 2.75) is 31.7 Å². The molecule has 60 valence electrons. The molecule has 0 aliphatic heterocycles. The number of nitriles is 1. The van der Waals surface area contributed by atoms with Crippen molar-refractivity contribution in [1.82, 2.24) is 5.32 Å². The lowest BCUT2D eigenvalue weighted by molar-refractivity contribution is 0.364. The molecule has 0 spiro atoms. The van der Waals surface area contributed by atoms with Gasteiger partial charge < -0.3 is 5.32 Å². The van der Waals surface area contributed by atoms with Gasteiger partial charge in [-0.3, -0.25) is 0 Å².